The number of aromatic nitrogens is 1. The van der Waals surface area contributed by atoms with Gasteiger partial charge >= 0.3 is 0 Å². The summed E-state index contributed by atoms with van der Waals surface area (Å²) in [5, 5.41) is 3.26. The maximum Gasteiger partial charge on any atom is 0.107 e. The SMILES string of the molecule is [c]1cc2c([nH]1)NCCC2. The molecule has 47 valence electrons. The Morgan fingerprint density at radius 3 is 3.44 bits per heavy atom. The van der Waals surface area contributed by atoms with E-state index in [0.29, 0.717) is 0 Å². The molecule has 0 unspecified atom stereocenters. The molecule has 0 saturated heterocycles. The fraction of sp³-hybridized carbons (Fsp3) is 0.429. The van der Waals surface area contributed by atoms with Crippen LogP contribution in [0.15, 0.2) is 6.07 Å². The summed E-state index contributed by atoms with van der Waals surface area (Å²) in [6.07, 6.45) is 5.40. The molecule has 2 nitrogen and oxygen atoms in total. The Kier molecular flexibility index (Phi) is 0.979. The lowest BCUT2D eigenvalue weighted by Gasteiger charge is -2.12. The summed E-state index contributed by atoms with van der Waals surface area (Å²) in [6, 6.07) is 2.02. The van der Waals surface area contributed by atoms with Crippen LogP contribution in [-0.4, -0.2) is 11.5 Å². The van der Waals surface area contributed by atoms with Crippen LogP contribution < -0.4 is 5.32 Å². The summed E-state index contributed by atoms with van der Waals surface area (Å²) in [5.74, 6) is 1.17. The minimum atomic E-state index is 1.10. The molecule has 0 aromatic carbocycles. The number of anilines is 1. The zero-order valence-corrected chi connectivity index (χ0v) is 5.20. The van der Waals surface area contributed by atoms with E-state index in [1.54, 1.807) is 0 Å². The first kappa shape index (κ1) is 4.91. The van der Waals surface area contributed by atoms with Crippen LogP contribution in [-0.2, 0) is 6.42 Å². The van der Waals surface area contributed by atoms with Gasteiger partial charge in [0.1, 0.15) is 5.82 Å². The molecular formula is C7H9N2. The van der Waals surface area contributed by atoms with Crippen LogP contribution in [0.3, 0.4) is 0 Å². The molecule has 0 fully saturated rings. The summed E-state index contributed by atoms with van der Waals surface area (Å²) in [6.45, 7) is 1.10. The number of aromatic amines is 1. The molecule has 1 radical (unpaired) electrons. The smallest absolute Gasteiger partial charge is 0.107 e. The van der Waals surface area contributed by atoms with Crippen LogP contribution in [0.25, 0.3) is 0 Å². The third-order valence-corrected chi connectivity index (χ3v) is 1.69. The van der Waals surface area contributed by atoms with Gasteiger partial charge in [0.2, 0.25) is 0 Å². The van der Waals surface area contributed by atoms with Gasteiger partial charge in [-0.2, -0.15) is 0 Å². The van der Waals surface area contributed by atoms with Crippen molar-refractivity contribution in [2.45, 2.75) is 12.8 Å². The summed E-state index contributed by atoms with van der Waals surface area (Å²) in [4.78, 5) is 3.02. The number of rotatable bonds is 0. The van der Waals surface area contributed by atoms with E-state index < -0.39 is 0 Å². The Morgan fingerprint density at radius 2 is 2.56 bits per heavy atom. The van der Waals surface area contributed by atoms with Crippen molar-refractivity contribution in [3.8, 4) is 0 Å². The average molecular weight is 121 g/mol. The van der Waals surface area contributed by atoms with Crippen molar-refractivity contribution in [3.63, 3.8) is 0 Å². The largest absolute Gasteiger partial charge is 0.371 e. The molecule has 9 heavy (non-hydrogen) atoms. The second-order valence-electron chi connectivity index (χ2n) is 2.34. The maximum atomic E-state index is 3.26. The van der Waals surface area contributed by atoms with Gasteiger partial charge < -0.3 is 10.3 Å². The molecule has 2 heterocycles. The van der Waals surface area contributed by atoms with Crippen LogP contribution in [0, 0.1) is 6.20 Å². The van der Waals surface area contributed by atoms with Crippen molar-refractivity contribution in [3.05, 3.63) is 17.8 Å². The van der Waals surface area contributed by atoms with Crippen molar-refractivity contribution in [1.29, 1.82) is 0 Å². The molecule has 1 aliphatic heterocycles. The van der Waals surface area contributed by atoms with Gasteiger partial charge in [-0.3, -0.25) is 0 Å². The molecule has 0 atom stereocenters. The Morgan fingerprint density at radius 1 is 1.56 bits per heavy atom. The van der Waals surface area contributed by atoms with E-state index in [9.17, 15) is 0 Å². The van der Waals surface area contributed by atoms with Gasteiger partial charge in [0, 0.05) is 6.54 Å². The van der Waals surface area contributed by atoms with Gasteiger partial charge in [0.25, 0.3) is 0 Å². The molecular weight excluding hydrogens is 112 g/mol. The van der Waals surface area contributed by atoms with Gasteiger partial charge in [-0.05, 0) is 24.5 Å². The summed E-state index contributed by atoms with van der Waals surface area (Å²) in [5.41, 5.74) is 1.38. The Bertz CT molecular complexity index is 182. The van der Waals surface area contributed by atoms with E-state index in [1.807, 2.05) is 6.07 Å². The molecule has 2 heteroatoms. The molecule has 0 bridgehead atoms. The van der Waals surface area contributed by atoms with Crippen molar-refractivity contribution in [1.82, 2.24) is 4.98 Å². The van der Waals surface area contributed by atoms with Gasteiger partial charge in [-0.25, -0.2) is 0 Å². The number of H-pyrrole nitrogens is 1. The third-order valence-electron chi connectivity index (χ3n) is 1.69. The summed E-state index contributed by atoms with van der Waals surface area (Å²) >= 11 is 0. The van der Waals surface area contributed by atoms with E-state index in [-0.39, 0.29) is 0 Å². The lowest BCUT2D eigenvalue weighted by Crippen LogP contribution is -2.10. The first-order chi connectivity index (χ1) is 4.47. The molecule has 1 aromatic rings. The van der Waals surface area contributed by atoms with E-state index in [1.165, 1.54) is 24.2 Å². The third kappa shape index (κ3) is 0.707. The monoisotopic (exact) mass is 121 g/mol. The van der Waals surface area contributed by atoms with Gasteiger partial charge in [0.15, 0.2) is 0 Å². The minimum Gasteiger partial charge on any atom is -0.371 e. The molecule has 0 aliphatic carbocycles. The first-order valence-corrected chi connectivity index (χ1v) is 3.28. The molecule has 1 aromatic heterocycles. The molecule has 1 aliphatic rings. The van der Waals surface area contributed by atoms with Crippen LogP contribution in [0.5, 0.6) is 0 Å². The molecule has 0 saturated carbocycles. The molecule has 0 spiro atoms. The minimum absolute atomic E-state index is 1.10. The normalized spacial score (nSPS) is 16.4. The van der Waals surface area contributed by atoms with Crippen LogP contribution in [0.4, 0.5) is 5.82 Å². The quantitative estimate of drug-likeness (QED) is 0.530. The molecule has 2 N–H and O–H groups in total. The summed E-state index contributed by atoms with van der Waals surface area (Å²) < 4.78 is 0. The van der Waals surface area contributed by atoms with E-state index in [2.05, 4.69) is 16.5 Å². The van der Waals surface area contributed by atoms with Crippen molar-refractivity contribution in [2.75, 3.05) is 11.9 Å². The Hall–Kier alpha value is -0.920. The number of hydrogen-bond acceptors (Lipinski definition) is 1. The lowest BCUT2D eigenvalue weighted by atomic mass is 10.1. The predicted octanol–water partition coefficient (Wildman–Crippen LogP) is 1.17. The lowest BCUT2D eigenvalue weighted by molar-refractivity contribution is 0.828. The van der Waals surface area contributed by atoms with E-state index in [0.717, 1.165) is 6.54 Å². The Balaban J connectivity index is 2.39. The molecule has 2 rings (SSSR count). The molecule has 0 amide bonds. The highest BCUT2D eigenvalue weighted by Crippen LogP contribution is 2.17. The Labute approximate surface area is 54.3 Å². The van der Waals surface area contributed by atoms with Gasteiger partial charge in [-0.1, -0.05) is 0 Å². The first-order valence-electron chi connectivity index (χ1n) is 3.28. The zero-order chi connectivity index (χ0) is 6.10. The van der Waals surface area contributed by atoms with Crippen molar-refractivity contribution >= 4 is 5.82 Å². The number of nitrogens with one attached hydrogen (secondary N) is 2. The topological polar surface area (TPSA) is 27.8 Å². The standard InChI is InChI=1S/C7H9N2/c1-2-6-3-5-9-7(6)8-4-1/h3,8-9H,1-2,4H2. The van der Waals surface area contributed by atoms with Crippen LogP contribution in [0.1, 0.15) is 12.0 Å². The van der Waals surface area contributed by atoms with E-state index >= 15 is 0 Å². The van der Waals surface area contributed by atoms with E-state index in [4.69, 9.17) is 0 Å². The summed E-state index contributed by atoms with van der Waals surface area (Å²) in [7, 11) is 0. The second kappa shape index (κ2) is 1.79. The highest BCUT2D eigenvalue weighted by molar-refractivity contribution is 5.46. The number of hydrogen-bond donors (Lipinski definition) is 2. The van der Waals surface area contributed by atoms with Gasteiger partial charge in [0.05, 0.1) is 6.20 Å². The predicted molar refractivity (Wildman–Crippen MR) is 36.4 cm³/mol. The second-order valence-corrected chi connectivity index (χ2v) is 2.34. The zero-order valence-electron chi connectivity index (χ0n) is 5.20. The van der Waals surface area contributed by atoms with Gasteiger partial charge in [-0.15, -0.1) is 0 Å². The maximum absolute atomic E-state index is 3.26. The van der Waals surface area contributed by atoms with Crippen LogP contribution >= 0.6 is 0 Å². The fourth-order valence-corrected chi connectivity index (χ4v) is 1.19. The fourth-order valence-electron chi connectivity index (χ4n) is 1.19. The van der Waals surface area contributed by atoms with Crippen molar-refractivity contribution in [2.24, 2.45) is 0 Å². The number of aryl methyl sites for hydroxylation is 1. The average Bonchev–Trinajstić information content (AvgIpc) is 2.33. The number of fused-ring (bicyclic) bond motifs is 1. The highest BCUT2D eigenvalue weighted by Gasteiger charge is 2.06. The van der Waals surface area contributed by atoms with Crippen molar-refractivity contribution < 1.29 is 0 Å². The highest BCUT2D eigenvalue weighted by atomic mass is 15.0. The van der Waals surface area contributed by atoms with Crippen LogP contribution in [0.2, 0.25) is 0 Å².